The minimum Gasteiger partial charge on any atom is -0.495 e. The molecule has 7 nitrogen and oxygen atoms in total. The Morgan fingerprint density at radius 3 is 2.38 bits per heavy atom. The van der Waals surface area contributed by atoms with Gasteiger partial charge in [-0.05, 0) is 50.7 Å². The fourth-order valence-corrected chi connectivity index (χ4v) is 4.26. The lowest BCUT2D eigenvalue weighted by molar-refractivity contribution is 0.0601. The van der Waals surface area contributed by atoms with Crippen molar-refractivity contribution in [2.75, 3.05) is 37.9 Å². The molecular formula is C20H25N3O4S2. The van der Waals surface area contributed by atoms with Crippen LogP contribution in [0.25, 0.3) is 0 Å². The topological polar surface area (TPSA) is 79.9 Å². The number of carbonyl (C=O) groups is 2. The molecule has 1 aromatic heterocycles. The van der Waals surface area contributed by atoms with Crippen LogP contribution in [0, 0.1) is 6.92 Å². The van der Waals surface area contributed by atoms with E-state index < -0.39 is 5.97 Å². The highest BCUT2D eigenvalue weighted by Crippen LogP contribution is 2.35. The third-order valence-electron chi connectivity index (χ3n) is 4.36. The first-order valence-corrected chi connectivity index (χ1v) is 10.3. The molecule has 0 bridgehead atoms. The van der Waals surface area contributed by atoms with Crippen LogP contribution in [-0.4, -0.2) is 49.2 Å². The van der Waals surface area contributed by atoms with Gasteiger partial charge < -0.3 is 25.0 Å². The van der Waals surface area contributed by atoms with Crippen LogP contribution in [-0.2, 0) is 4.74 Å². The van der Waals surface area contributed by atoms with Crippen LogP contribution in [0.1, 0.15) is 39.4 Å². The number of para-hydroxylation sites is 2. The average molecular weight is 436 g/mol. The number of hydrogen-bond donors (Lipinski definition) is 2. The molecule has 0 aliphatic rings. The van der Waals surface area contributed by atoms with Gasteiger partial charge in [0.2, 0.25) is 0 Å². The Bertz CT molecular complexity index is 907. The first-order valence-electron chi connectivity index (χ1n) is 9.09. The van der Waals surface area contributed by atoms with Gasteiger partial charge in [0.25, 0.3) is 5.91 Å². The first-order chi connectivity index (χ1) is 13.9. The normalized spacial score (nSPS) is 10.2. The Kier molecular flexibility index (Phi) is 7.98. The molecule has 0 aliphatic carbocycles. The maximum absolute atomic E-state index is 12.9. The van der Waals surface area contributed by atoms with Crippen molar-refractivity contribution in [3.63, 3.8) is 0 Å². The quantitative estimate of drug-likeness (QED) is 0.500. The molecule has 1 amide bonds. The van der Waals surface area contributed by atoms with Gasteiger partial charge in [-0.2, -0.15) is 0 Å². The number of hydrogen-bond acceptors (Lipinski definition) is 6. The minimum atomic E-state index is -0.528. The van der Waals surface area contributed by atoms with Crippen molar-refractivity contribution in [2.45, 2.75) is 20.8 Å². The zero-order chi connectivity index (χ0) is 21.6. The summed E-state index contributed by atoms with van der Waals surface area (Å²) in [5.41, 5.74) is 1.55. The second-order valence-corrected chi connectivity index (χ2v) is 7.44. The lowest BCUT2D eigenvalue weighted by Crippen LogP contribution is -2.30. The van der Waals surface area contributed by atoms with Crippen LogP contribution < -0.4 is 15.4 Å². The molecule has 2 rings (SSSR count). The molecule has 0 saturated heterocycles. The maximum atomic E-state index is 12.9. The largest absolute Gasteiger partial charge is 0.495 e. The standard InChI is InChI=1S/C20H25N3O4S2/c1-6-23(7-2)18(24)16-12(3)15(19(25)27-5)17(29-16)22-20(28)21-13-10-8-9-11-14(13)26-4/h8-11H,6-7H2,1-5H3,(H2,21,22,28). The van der Waals surface area contributed by atoms with E-state index >= 15 is 0 Å². The van der Waals surface area contributed by atoms with Crippen LogP contribution in [0.3, 0.4) is 0 Å². The van der Waals surface area contributed by atoms with Crippen LogP contribution in [0.2, 0.25) is 0 Å². The van der Waals surface area contributed by atoms with E-state index in [1.165, 1.54) is 18.4 Å². The van der Waals surface area contributed by atoms with Gasteiger partial charge in [0.1, 0.15) is 10.8 Å². The monoisotopic (exact) mass is 435 g/mol. The van der Waals surface area contributed by atoms with E-state index in [1.54, 1.807) is 25.0 Å². The summed E-state index contributed by atoms with van der Waals surface area (Å²) in [6, 6.07) is 7.33. The molecule has 0 spiro atoms. The van der Waals surface area contributed by atoms with E-state index in [9.17, 15) is 9.59 Å². The molecule has 29 heavy (non-hydrogen) atoms. The zero-order valence-corrected chi connectivity index (χ0v) is 18.8. The molecule has 0 atom stereocenters. The summed E-state index contributed by atoms with van der Waals surface area (Å²) in [6.07, 6.45) is 0. The molecule has 1 aromatic carbocycles. The Balaban J connectivity index is 2.35. The number of thiophene rings is 1. The first kappa shape index (κ1) is 22.6. The SMILES string of the molecule is CCN(CC)C(=O)c1sc(NC(=S)Nc2ccccc2OC)c(C(=O)OC)c1C. The molecule has 9 heteroatoms. The van der Waals surface area contributed by atoms with E-state index in [1.807, 2.05) is 32.0 Å². The van der Waals surface area contributed by atoms with Crippen molar-refractivity contribution >= 4 is 51.2 Å². The molecule has 2 N–H and O–H groups in total. The molecular weight excluding hydrogens is 410 g/mol. The number of thiocarbonyl (C=S) groups is 1. The number of methoxy groups -OCH3 is 2. The highest BCUT2D eigenvalue weighted by molar-refractivity contribution is 7.80. The van der Waals surface area contributed by atoms with Gasteiger partial charge in [-0.25, -0.2) is 4.79 Å². The molecule has 0 aliphatic heterocycles. The number of rotatable bonds is 7. The Labute approximate surface area is 180 Å². The molecule has 0 saturated carbocycles. The third kappa shape index (κ3) is 5.04. The smallest absolute Gasteiger partial charge is 0.341 e. The molecule has 2 aromatic rings. The summed E-state index contributed by atoms with van der Waals surface area (Å²) in [6.45, 7) is 6.73. The van der Waals surface area contributed by atoms with E-state index in [4.69, 9.17) is 21.7 Å². The predicted octanol–water partition coefficient (Wildman–Crippen LogP) is 4.14. The van der Waals surface area contributed by atoms with Crippen molar-refractivity contribution < 1.29 is 19.1 Å². The second-order valence-electron chi connectivity index (χ2n) is 6.01. The van der Waals surface area contributed by atoms with Gasteiger partial charge in [0, 0.05) is 13.1 Å². The summed E-state index contributed by atoms with van der Waals surface area (Å²) in [5, 5.41) is 6.80. The zero-order valence-electron chi connectivity index (χ0n) is 17.1. The van der Waals surface area contributed by atoms with Gasteiger partial charge in [-0.1, -0.05) is 12.1 Å². The predicted molar refractivity (Wildman–Crippen MR) is 120 cm³/mol. The summed E-state index contributed by atoms with van der Waals surface area (Å²) in [4.78, 5) is 27.4. The minimum absolute atomic E-state index is 0.126. The van der Waals surface area contributed by atoms with E-state index in [-0.39, 0.29) is 11.0 Å². The number of anilines is 2. The number of ether oxygens (including phenoxy) is 2. The summed E-state index contributed by atoms with van der Waals surface area (Å²) >= 11 is 6.59. The lowest BCUT2D eigenvalue weighted by Gasteiger charge is -2.18. The molecule has 0 fully saturated rings. The van der Waals surface area contributed by atoms with Crippen LogP contribution in [0.4, 0.5) is 10.7 Å². The Morgan fingerprint density at radius 2 is 1.79 bits per heavy atom. The van der Waals surface area contributed by atoms with Gasteiger partial charge in [0.05, 0.1) is 30.3 Å². The van der Waals surface area contributed by atoms with Crippen LogP contribution in [0.15, 0.2) is 24.3 Å². The van der Waals surface area contributed by atoms with Crippen LogP contribution in [0.5, 0.6) is 5.75 Å². The number of esters is 1. The maximum Gasteiger partial charge on any atom is 0.341 e. The average Bonchev–Trinajstić information content (AvgIpc) is 3.04. The molecule has 0 radical (unpaired) electrons. The fraction of sp³-hybridized carbons (Fsp3) is 0.350. The number of nitrogens with one attached hydrogen (secondary N) is 2. The van der Waals surface area contributed by atoms with E-state index in [0.717, 1.165) is 0 Å². The van der Waals surface area contributed by atoms with Crippen molar-refractivity contribution in [1.29, 1.82) is 0 Å². The molecule has 156 valence electrons. The van der Waals surface area contributed by atoms with Crippen molar-refractivity contribution in [1.82, 2.24) is 4.90 Å². The van der Waals surface area contributed by atoms with Gasteiger partial charge in [-0.15, -0.1) is 11.3 Å². The molecule has 1 heterocycles. The summed E-state index contributed by atoms with van der Waals surface area (Å²) in [5.74, 6) is -0.0242. The Hall–Kier alpha value is -2.65. The third-order valence-corrected chi connectivity index (χ3v) is 5.76. The van der Waals surface area contributed by atoms with E-state index in [0.29, 0.717) is 45.5 Å². The van der Waals surface area contributed by atoms with E-state index in [2.05, 4.69) is 10.6 Å². The number of nitrogens with zero attached hydrogens (tertiary/aromatic N) is 1. The van der Waals surface area contributed by atoms with Gasteiger partial charge >= 0.3 is 5.97 Å². The van der Waals surface area contributed by atoms with Gasteiger partial charge in [0.15, 0.2) is 5.11 Å². The highest BCUT2D eigenvalue weighted by Gasteiger charge is 2.27. The molecule has 0 unspecified atom stereocenters. The van der Waals surface area contributed by atoms with Crippen LogP contribution >= 0.6 is 23.6 Å². The van der Waals surface area contributed by atoms with Crippen molar-refractivity contribution in [3.05, 3.63) is 40.3 Å². The lowest BCUT2D eigenvalue weighted by atomic mass is 10.1. The Morgan fingerprint density at radius 1 is 1.14 bits per heavy atom. The van der Waals surface area contributed by atoms with Gasteiger partial charge in [-0.3, -0.25) is 4.79 Å². The number of amides is 1. The highest BCUT2D eigenvalue weighted by atomic mass is 32.1. The second kappa shape index (κ2) is 10.2. The summed E-state index contributed by atoms with van der Waals surface area (Å²) in [7, 11) is 2.88. The fourth-order valence-electron chi connectivity index (χ4n) is 2.81. The number of carbonyl (C=O) groups excluding carboxylic acids is 2. The van der Waals surface area contributed by atoms with Crippen molar-refractivity contribution in [3.8, 4) is 5.75 Å². The number of benzene rings is 1. The summed E-state index contributed by atoms with van der Waals surface area (Å²) < 4.78 is 10.2. The van der Waals surface area contributed by atoms with Crippen molar-refractivity contribution in [2.24, 2.45) is 0 Å².